The molecule has 0 radical (unpaired) electrons. The summed E-state index contributed by atoms with van der Waals surface area (Å²) in [5.41, 5.74) is 6.68. The minimum absolute atomic E-state index is 0.00275. The summed E-state index contributed by atoms with van der Waals surface area (Å²) in [6.45, 7) is 0.393. The van der Waals surface area contributed by atoms with Gasteiger partial charge in [0.05, 0.1) is 0 Å². The molecule has 0 aliphatic heterocycles. The van der Waals surface area contributed by atoms with Crippen LogP contribution in [0.15, 0.2) is 18.2 Å². The van der Waals surface area contributed by atoms with Crippen molar-refractivity contribution in [3.8, 4) is 0 Å². The molecule has 1 aliphatic rings. The number of carbonyl (C=O) groups is 1. The van der Waals surface area contributed by atoms with E-state index in [0.29, 0.717) is 11.6 Å². The van der Waals surface area contributed by atoms with Crippen molar-refractivity contribution < 1.29 is 9.18 Å². The number of hydrogen-bond donors (Lipinski definition) is 1. The third-order valence-electron chi connectivity index (χ3n) is 3.86. The van der Waals surface area contributed by atoms with Gasteiger partial charge in [-0.05, 0) is 37.0 Å². The molecule has 1 fully saturated rings. The van der Waals surface area contributed by atoms with E-state index in [-0.39, 0.29) is 23.7 Å². The van der Waals surface area contributed by atoms with Crippen molar-refractivity contribution in [3.63, 3.8) is 0 Å². The van der Waals surface area contributed by atoms with Crippen molar-refractivity contribution in [2.24, 2.45) is 11.7 Å². The van der Waals surface area contributed by atoms with Crippen LogP contribution < -0.4 is 5.73 Å². The highest BCUT2D eigenvalue weighted by atomic mass is 35.5. The van der Waals surface area contributed by atoms with Crippen LogP contribution in [0.25, 0.3) is 0 Å². The zero-order valence-corrected chi connectivity index (χ0v) is 12.4. The van der Waals surface area contributed by atoms with Gasteiger partial charge < -0.3 is 10.6 Å². The summed E-state index contributed by atoms with van der Waals surface area (Å²) in [5.74, 6) is -0.269. The van der Waals surface area contributed by atoms with E-state index in [1.165, 1.54) is 12.1 Å². The Morgan fingerprint density at radius 3 is 2.90 bits per heavy atom. The van der Waals surface area contributed by atoms with E-state index in [0.717, 1.165) is 31.2 Å². The summed E-state index contributed by atoms with van der Waals surface area (Å²) in [7, 11) is 1.75. The lowest BCUT2D eigenvalue weighted by Gasteiger charge is -2.29. The smallest absolute Gasteiger partial charge is 0.225 e. The molecule has 1 aromatic carbocycles. The fourth-order valence-electron chi connectivity index (χ4n) is 2.75. The molecule has 1 aliphatic carbocycles. The zero-order valence-electron chi connectivity index (χ0n) is 11.6. The van der Waals surface area contributed by atoms with Gasteiger partial charge in [0.1, 0.15) is 5.82 Å². The highest BCUT2D eigenvalue weighted by Crippen LogP contribution is 2.26. The van der Waals surface area contributed by atoms with Gasteiger partial charge in [-0.25, -0.2) is 4.39 Å². The molecule has 0 saturated heterocycles. The molecular formula is C15H20ClFN2O. The van der Waals surface area contributed by atoms with Gasteiger partial charge in [0.15, 0.2) is 0 Å². The highest BCUT2D eigenvalue weighted by molar-refractivity contribution is 6.31. The van der Waals surface area contributed by atoms with Crippen molar-refractivity contribution in [2.45, 2.75) is 38.3 Å². The summed E-state index contributed by atoms with van der Waals surface area (Å²) in [6.07, 6.45) is 3.65. The van der Waals surface area contributed by atoms with Crippen LogP contribution in [-0.2, 0) is 11.3 Å². The third kappa shape index (κ3) is 3.70. The van der Waals surface area contributed by atoms with Crippen LogP contribution in [0.4, 0.5) is 4.39 Å². The van der Waals surface area contributed by atoms with Crippen LogP contribution in [0.2, 0.25) is 5.02 Å². The van der Waals surface area contributed by atoms with Gasteiger partial charge in [-0.15, -0.1) is 0 Å². The molecule has 0 bridgehead atoms. The van der Waals surface area contributed by atoms with Crippen LogP contribution in [0.5, 0.6) is 0 Å². The predicted molar refractivity (Wildman–Crippen MR) is 77.8 cm³/mol. The van der Waals surface area contributed by atoms with Crippen molar-refractivity contribution in [1.82, 2.24) is 4.90 Å². The summed E-state index contributed by atoms with van der Waals surface area (Å²) in [6, 6.07) is 4.37. The number of nitrogens with zero attached hydrogens (tertiary/aromatic N) is 1. The Labute approximate surface area is 123 Å². The van der Waals surface area contributed by atoms with Crippen LogP contribution in [0.1, 0.15) is 31.2 Å². The molecule has 1 saturated carbocycles. The molecule has 3 nitrogen and oxygen atoms in total. The number of nitrogens with two attached hydrogens (primary N) is 1. The van der Waals surface area contributed by atoms with Gasteiger partial charge in [-0.1, -0.05) is 24.1 Å². The molecule has 0 spiro atoms. The van der Waals surface area contributed by atoms with Crippen molar-refractivity contribution in [3.05, 3.63) is 34.6 Å². The largest absolute Gasteiger partial charge is 0.341 e. The van der Waals surface area contributed by atoms with Gasteiger partial charge in [-0.2, -0.15) is 0 Å². The van der Waals surface area contributed by atoms with Crippen LogP contribution in [0.3, 0.4) is 0 Å². The predicted octanol–water partition coefficient (Wildman–Crippen LogP) is 2.96. The second-order valence-corrected chi connectivity index (χ2v) is 5.96. The standard InChI is InChI=1S/C15H20ClFN2O/c1-19(9-11-5-6-12(17)8-14(11)16)15(20)10-3-2-4-13(18)7-10/h5-6,8,10,13H,2-4,7,9,18H2,1H3/t10-,13-/m1/s1. The van der Waals surface area contributed by atoms with E-state index in [2.05, 4.69) is 0 Å². The van der Waals surface area contributed by atoms with Crippen molar-refractivity contribution >= 4 is 17.5 Å². The first kappa shape index (κ1) is 15.3. The van der Waals surface area contributed by atoms with Crippen LogP contribution >= 0.6 is 11.6 Å². The van der Waals surface area contributed by atoms with E-state index in [9.17, 15) is 9.18 Å². The Morgan fingerprint density at radius 1 is 1.50 bits per heavy atom. The minimum atomic E-state index is -0.369. The number of hydrogen-bond acceptors (Lipinski definition) is 2. The monoisotopic (exact) mass is 298 g/mol. The summed E-state index contributed by atoms with van der Waals surface area (Å²) in [5, 5.41) is 0.352. The van der Waals surface area contributed by atoms with Gasteiger partial charge in [0, 0.05) is 30.6 Å². The van der Waals surface area contributed by atoms with Crippen molar-refractivity contribution in [1.29, 1.82) is 0 Å². The average molecular weight is 299 g/mol. The third-order valence-corrected chi connectivity index (χ3v) is 4.21. The van der Waals surface area contributed by atoms with Gasteiger partial charge >= 0.3 is 0 Å². The van der Waals surface area contributed by atoms with Crippen LogP contribution in [0, 0.1) is 11.7 Å². The molecular weight excluding hydrogens is 279 g/mol. The molecule has 2 atom stereocenters. The molecule has 1 amide bonds. The molecule has 20 heavy (non-hydrogen) atoms. The molecule has 0 unspecified atom stereocenters. The Bertz CT molecular complexity index is 495. The Morgan fingerprint density at radius 2 is 2.25 bits per heavy atom. The lowest BCUT2D eigenvalue weighted by Crippen LogP contribution is -2.38. The summed E-state index contributed by atoms with van der Waals surface area (Å²) in [4.78, 5) is 14.0. The Balaban J connectivity index is 2.00. The quantitative estimate of drug-likeness (QED) is 0.932. The molecule has 110 valence electrons. The van der Waals surface area contributed by atoms with Crippen molar-refractivity contribution in [2.75, 3.05) is 7.05 Å². The summed E-state index contributed by atoms with van der Waals surface area (Å²) < 4.78 is 13.0. The van der Waals surface area contributed by atoms with Gasteiger partial charge in [-0.3, -0.25) is 4.79 Å². The topological polar surface area (TPSA) is 46.3 Å². The van der Waals surface area contributed by atoms with E-state index >= 15 is 0 Å². The fourth-order valence-corrected chi connectivity index (χ4v) is 2.97. The first-order valence-electron chi connectivity index (χ1n) is 6.92. The zero-order chi connectivity index (χ0) is 14.7. The number of carbonyl (C=O) groups excluding carboxylic acids is 1. The molecule has 0 heterocycles. The molecule has 2 N–H and O–H groups in total. The Hall–Kier alpha value is -1.13. The van der Waals surface area contributed by atoms with Gasteiger partial charge in [0.25, 0.3) is 0 Å². The van der Waals surface area contributed by atoms with Gasteiger partial charge in [0.2, 0.25) is 5.91 Å². The normalized spacial score (nSPS) is 22.6. The molecule has 5 heteroatoms. The first-order valence-corrected chi connectivity index (χ1v) is 7.29. The second-order valence-electron chi connectivity index (χ2n) is 5.55. The summed E-state index contributed by atoms with van der Waals surface area (Å²) >= 11 is 5.99. The highest BCUT2D eigenvalue weighted by Gasteiger charge is 2.27. The number of rotatable bonds is 3. The maximum absolute atomic E-state index is 13.0. The molecule has 1 aromatic rings. The maximum Gasteiger partial charge on any atom is 0.225 e. The Kier molecular flexibility index (Phi) is 5.00. The lowest BCUT2D eigenvalue weighted by atomic mass is 9.85. The number of benzene rings is 1. The lowest BCUT2D eigenvalue weighted by molar-refractivity contribution is -0.135. The van der Waals surface area contributed by atoms with E-state index < -0.39 is 0 Å². The minimum Gasteiger partial charge on any atom is -0.341 e. The maximum atomic E-state index is 13.0. The van der Waals surface area contributed by atoms with E-state index in [4.69, 9.17) is 17.3 Å². The molecule has 2 rings (SSSR count). The fraction of sp³-hybridized carbons (Fsp3) is 0.533. The van der Waals surface area contributed by atoms with Crippen LogP contribution in [-0.4, -0.2) is 23.9 Å². The number of halogens is 2. The SMILES string of the molecule is CN(Cc1ccc(F)cc1Cl)C(=O)[C@@H]1CCC[C@@H](N)C1. The average Bonchev–Trinajstić information content (AvgIpc) is 2.41. The second kappa shape index (κ2) is 6.55. The molecule has 0 aromatic heterocycles. The van der Waals surface area contributed by atoms with E-state index in [1.807, 2.05) is 0 Å². The number of amides is 1. The first-order chi connectivity index (χ1) is 9.47. The van der Waals surface area contributed by atoms with E-state index in [1.54, 1.807) is 18.0 Å².